The van der Waals surface area contributed by atoms with Crippen molar-refractivity contribution in [2.75, 3.05) is 0 Å². The van der Waals surface area contributed by atoms with Gasteiger partial charge in [-0.25, -0.2) is 0 Å². The summed E-state index contributed by atoms with van der Waals surface area (Å²) in [7, 11) is 0. The smallest absolute Gasteiger partial charge is 0.00212 e. The summed E-state index contributed by atoms with van der Waals surface area (Å²) in [6, 6.07) is 9.29. The summed E-state index contributed by atoms with van der Waals surface area (Å²) in [6.07, 6.45) is 21.7. The summed E-state index contributed by atoms with van der Waals surface area (Å²) >= 11 is 0. The maximum absolute atomic E-state index is 2.51. The Balaban J connectivity index is -0.000000309. The zero-order chi connectivity index (χ0) is 36.2. The van der Waals surface area contributed by atoms with Gasteiger partial charge in [-0.2, -0.15) is 0 Å². The molecule has 1 atom stereocenters. The zero-order valence-corrected chi connectivity index (χ0v) is 34.5. The molecule has 3 rings (SSSR count). The average Bonchev–Trinajstić information content (AvgIpc) is 3.67. The van der Waals surface area contributed by atoms with Gasteiger partial charge in [0.25, 0.3) is 0 Å². The van der Waals surface area contributed by atoms with Gasteiger partial charge in [0.1, 0.15) is 0 Å². The SMILES string of the molecule is C/C=C(/C)C(C)/C(C)=C(\C=C(/C)c1ccc(CC2=CC=CCC2)cc1)C1CCCC1.CC.CC.CC.CC.CC.CC.CCC. The van der Waals surface area contributed by atoms with Crippen LogP contribution in [0.2, 0.25) is 0 Å². The molecule has 0 radical (unpaired) electrons. The molecule has 0 heterocycles. The average molecular weight is 625 g/mol. The Morgan fingerprint density at radius 1 is 0.778 bits per heavy atom. The van der Waals surface area contributed by atoms with E-state index in [1.54, 1.807) is 16.7 Å². The van der Waals surface area contributed by atoms with E-state index in [0.29, 0.717) is 5.92 Å². The first kappa shape index (κ1) is 52.5. The van der Waals surface area contributed by atoms with Crippen LogP contribution in [0.4, 0.5) is 0 Å². The van der Waals surface area contributed by atoms with Gasteiger partial charge in [0.2, 0.25) is 0 Å². The van der Waals surface area contributed by atoms with Crippen molar-refractivity contribution in [2.24, 2.45) is 11.8 Å². The standard InChI is InChI=1S/C30H40.C3H8.6C2H6/c1-6-22(2)24(4)25(5)30(29-14-10-11-15-29)20-23(3)28-18-16-27(17-19-28)21-26-12-8-7-9-13-26;1-3-2;6*1-2/h6-8,12,16-20,24,29H,9-11,13-15,21H2,1-5H3;3H2,1-2H3;6*1-2H3/b22-6-,23-20+,30-25+;;;;;;;. The Kier molecular flexibility index (Phi) is 46.6. The van der Waals surface area contributed by atoms with Crippen molar-refractivity contribution in [1.82, 2.24) is 0 Å². The second-order valence-corrected chi connectivity index (χ2v) is 10.1. The first-order valence-electron chi connectivity index (χ1n) is 19.4. The molecule has 0 amide bonds. The largest absolute Gasteiger partial charge is 0.0881 e. The van der Waals surface area contributed by atoms with Gasteiger partial charge in [-0.1, -0.05) is 194 Å². The molecule has 2 aliphatic carbocycles. The maximum Gasteiger partial charge on any atom is -0.00212 e. The van der Waals surface area contributed by atoms with E-state index in [1.165, 1.54) is 67.2 Å². The van der Waals surface area contributed by atoms with E-state index in [9.17, 15) is 0 Å². The summed E-state index contributed by atoms with van der Waals surface area (Å²) < 4.78 is 0. The van der Waals surface area contributed by atoms with Gasteiger partial charge < -0.3 is 0 Å². The summed E-state index contributed by atoms with van der Waals surface area (Å²) in [5.74, 6) is 1.26. The number of allylic oxidation sites excluding steroid dienone is 10. The second-order valence-electron chi connectivity index (χ2n) is 10.1. The molecule has 1 unspecified atom stereocenters. The van der Waals surface area contributed by atoms with Crippen molar-refractivity contribution >= 4 is 5.57 Å². The first-order valence-corrected chi connectivity index (χ1v) is 19.4. The van der Waals surface area contributed by atoms with Gasteiger partial charge in [-0.15, -0.1) is 0 Å². The van der Waals surface area contributed by atoms with Crippen molar-refractivity contribution < 1.29 is 0 Å². The molecule has 1 fully saturated rings. The molecule has 0 aromatic heterocycles. The lowest BCUT2D eigenvalue weighted by Crippen LogP contribution is -2.07. The molecule has 45 heavy (non-hydrogen) atoms. The van der Waals surface area contributed by atoms with Crippen LogP contribution in [0, 0.1) is 11.8 Å². The molecule has 0 nitrogen and oxygen atoms in total. The highest BCUT2D eigenvalue weighted by Crippen LogP contribution is 2.37. The summed E-state index contributed by atoms with van der Waals surface area (Å²) in [4.78, 5) is 0. The lowest BCUT2D eigenvalue weighted by atomic mass is 9.83. The topological polar surface area (TPSA) is 0 Å². The van der Waals surface area contributed by atoms with Crippen LogP contribution in [0.5, 0.6) is 0 Å². The molecular weight excluding hydrogens is 540 g/mol. The molecule has 2 aliphatic rings. The quantitative estimate of drug-likeness (QED) is 0.209. The molecule has 0 heteroatoms. The van der Waals surface area contributed by atoms with Crippen molar-refractivity contribution in [1.29, 1.82) is 0 Å². The summed E-state index contributed by atoms with van der Waals surface area (Å²) in [6.45, 7) is 39.7. The Bertz CT molecular complexity index is 876. The van der Waals surface area contributed by atoms with Crippen LogP contribution in [0.3, 0.4) is 0 Å². The zero-order valence-electron chi connectivity index (χ0n) is 34.5. The molecule has 1 aromatic rings. The van der Waals surface area contributed by atoms with Crippen LogP contribution in [0.15, 0.2) is 76.9 Å². The number of hydrogen-bond acceptors (Lipinski definition) is 0. The highest BCUT2D eigenvalue weighted by molar-refractivity contribution is 5.67. The fraction of sp³-hybridized carbons (Fsp3) is 0.644. The normalized spacial score (nSPS) is 14.7. The van der Waals surface area contributed by atoms with E-state index in [-0.39, 0.29) is 0 Å². The van der Waals surface area contributed by atoms with Crippen LogP contribution in [0.25, 0.3) is 5.57 Å². The minimum absolute atomic E-state index is 0.523. The van der Waals surface area contributed by atoms with Gasteiger partial charge in [-0.05, 0) is 93.9 Å². The number of benzene rings is 1. The van der Waals surface area contributed by atoms with Gasteiger partial charge in [-0.3, -0.25) is 0 Å². The predicted molar refractivity (Wildman–Crippen MR) is 218 cm³/mol. The Morgan fingerprint density at radius 2 is 1.24 bits per heavy atom. The van der Waals surface area contributed by atoms with E-state index < -0.39 is 0 Å². The predicted octanol–water partition coefficient (Wildman–Crippen LogP) is 16.6. The van der Waals surface area contributed by atoms with E-state index in [4.69, 9.17) is 0 Å². The third-order valence-corrected chi connectivity index (χ3v) is 7.35. The maximum atomic E-state index is 2.51. The van der Waals surface area contributed by atoms with Crippen molar-refractivity contribution in [2.45, 2.75) is 183 Å². The molecule has 0 bridgehead atoms. The fourth-order valence-corrected chi connectivity index (χ4v) is 4.90. The molecule has 0 aliphatic heterocycles. The van der Waals surface area contributed by atoms with E-state index in [2.05, 4.69) is 103 Å². The third-order valence-electron chi connectivity index (χ3n) is 7.35. The molecular formula is C45H84. The number of rotatable bonds is 7. The summed E-state index contributed by atoms with van der Waals surface area (Å²) in [5, 5.41) is 0. The Morgan fingerprint density at radius 3 is 1.64 bits per heavy atom. The van der Waals surface area contributed by atoms with Gasteiger partial charge >= 0.3 is 0 Å². The first-order chi connectivity index (χ1) is 21.9. The van der Waals surface area contributed by atoms with Crippen molar-refractivity contribution in [3.63, 3.8) is 0 Å². The van der Waals surface area contributed by atoms with E-state index >= 15 is 0 Å². The van der Waals surface area contributed by atoms with Crippen LogP contribution < -0.4 is 0 Å². The van der Waals surface area contributed by atoms with Gasteiger partial charge in [0, 0.05) is 0 Å². The molecule has 264 valence electrons. The van der Waals surface area contributed by atoms with Crippen LogP contribution in [0.1, 0.15) is 188 Å². The van der Waals surface area contributed by atoms with Crippen molar-refractivity contribution in [3.8, 4) is 0 Å². The molecule has 0 saturated heterocycles. The van der Waals surface area contributed by atoms with Crippen LogP contribution in [-0.4, -0.2) is 0 Å². The molecule has 1 aromatic carbocycles. The van der Waals surface area contributed by atoms with Gasteiger partial charge in [0.15, 0.2) is 0 Å². The number of hydrogen-bond donors (Lipinski definition) is 0. The molecule has 0 N–H and O–H groups in total. The Labute approximate surface area is 287 Å². The van der Waals surface area contributed by atoms with E-state index in [0.717, 1.165) is 12.3 Å². The highest BCUT2D eigenvalue weighted by atomic mass is 14.3. The third kappa shape index (κ3) is 23.9. The lowest BCUT2D eigenvalue weighted by Gasteiger charge is -2.22. The minimum Gasteiger partial charge on any atom is -0.0881 e. The fourth-order valence-electron chi connectivity index (χ4n) is 4.90. The lowest BCUT2D eigenvalue weighted by molar-refractivity contribution is 0.633. The molecule has 0 spiro atoms. The van der Waals surface area contributed by atoms with Crippen LogP contribution in [-0.2, 0) is 6.42 Å². The second kappa shape index (κ2) is 39.9. The van der Waals surface area contributed by atoms with E-state index in [1.807, 2.05) is 83.1 Å². The molecule has 1 saturated carbocycles. The minimum atomic E-state index is 0.523. The highest BCUT2D eigenvalue weighted by Gasteiger charge is 2.22. The van der Waals surface area contributed by atoms with Crippen LogP contribution >= 0.6 is 0 Å². The van der Waals surface area contributed by atoms with Gasteiger partial charge in [0.05, 0.1) is 0 Å². The van der Waals surface area contributed by atoms with Crippen molar-refractivity contribution in [3.05, 3.63) is 88.1 Å². The summed E-state index contributed by atoms with van der Waals surface area (Å²) in [5.41, 5.74) is 10.4. The Hall–Kier alpha value is -2.08. The monoisotopic (exact) mass is 625 g/mol.